The smallest absolute Gasteiger partial charge is 0.348 e. The zero-order valence-electron chi connectivity index (χ0n) is 11.8. The van der Waals surface area contributed by atoms with Gasteiger partial charge in [-0.25, -0.2) is 4.79 Å². The molecule has 2 nitrogen and oxygen atoms in total. The van der Waals surface area contributed by atoms with E-state index in [0.29, 0.717) is 17.4 Å². The minimum atomic E-state index is -0.182. The molecule has 0 saturated heterocycles. The normalized spacial score (nSPS) is 12.8. The van der Waals surface area contributed by atoms with Gasteiger partial charge in [0.2, 0.25) is 0 Å². The molecule has 0 N–H and O–H groups in total. The average molecular weight is 375 g/mol. The van der Waals surface area contributed by atoms with Crippen LogP contribution in [0.1, 0.15) is 49.2 Å². The van der Waals surface area contributed by atoms with Crippen LogP contribution in [0.5, 0.6) is 0 Å². The molecule has 2 heterocycles. The first-order chi connectivity index (χ1) is 9.65. The van der Waals surface area contributed by atoms with Gasteiger partial charge in [0, 0.05) is 15.5 Å². The summed E-state index contributed by atoms with van der Waals surface area (Å²) < 4.78 is 7.70. The SMILES string of the molecule is CCCCC(CC)COC(=O)c1cc2c(Br)scc2s1. The lowest BCUT2D eigenvalue weighted by Crippen LogP contribution is -2.13. The molecule has 1 atom stereocenters. The van der Waals surface area contributed by atoms with Gasteiger partial charge in [0.25, 0.3) is 0 Å². The predicted molar refractivity (Wildman–Crippen MR) is 91.0 cm³/mol. The fourth-order valence-electron chi connectivity index (χ4n) is 2.08. The van der Waals surface area contributed by atoms with Crippen LogP contribution in [0.3, 0.4) is 0 Å². The van der Waals surface area contributed by atoms with Crippen molar-refractivity contribution in [3.63, 3.8) is 0 Å². The first kappa shape index (κ1) is 16.0. The summed E-state index contributed by atoms with van der Waals surface area (Å²) in [6, 6.07) is 1.93. The molecule has 110 valence electrons. The summed E-state index contributed by atoms with van der Waals surface area (Å²) in [5, 5.41) is 3.18. The third-order valence-corrected chi connectivity index (χ3v) is 6.42. The van der Waals surface area contributed by atoms with Crippen LogP contribution in [0, 0.1) is 5.92 Å². The molecule has 0 bridgehead atoms. The van der Waals surface area contributed by atoms with E-state index in [1.54, 1.807) is 11.3 Å². The van der Waals surface area contributed by atoms with Crippen molar-refractivity contribution >= 4 is 54.7 Å². The van der Waals surface area contributed by atoms with Gasteiger partial charge in [0.05, 0.1) is 10.4 Å². The highest BCUT2D eigenvalue weighted by atomic mass is 79.9. The Bertz CT molecular complexity index is 573. The molecule has 0 amide bonds. The van der Waals surface area contributed by atoms with Gasteiger partial charge < -0.3 is 4.74 Å². The second kappa shape index (κ2) is 7.57. The molecule has 0 aromatic carbocycles. The second-order valence-electron chi connectivity index (χ2n) is 4.91. The summed E-state index contributed by atoms with van der Waals surface area (Å²) in [6.07, 6.45) is 4.61. The summed E-state index contributed by atoms with van der Waals surface area (Å²) in [7, 11) is 0. The largest absolute Gasteiger partial charge is 0.461 e. The number of ether oxygens (including phenoxy) is 1. The number of hydrogen-bond acceptors (Lipinski definition) is 4. The van der Waals surface area contributed by atoms with Crippen LogP contribution in [0.25, 0.3) is 10.1 Å². The fourth-order valence-corrected chi connectivity index (χ4v) is 4.68. The molecule has 0 saturated carbocycles. The van der Waals surface area contributed by atoms with Gasteiger partial charge in [-0.2, -0.15) is 0 Å². The Morgan fingerprint density at radius 3 is 2.90 bits per heavy atom. The molecule has 0 spiro atoms. The van der Waals surface area contributed by atoms with Crippen LogP contribution in [-0.4, -0.2) is 12.6 Å². The predicted octanol–water partition coefficient (Wildman–Crippen LogP) is 6.10. The summed E-state index contributed by atoms with van der Waals surface area (Å²) in [5.74, 6) is 0.309. The van der Waals surface area contributed by atoms with Crippen molar-refractivity contribution in [1.29, 1.82) is 0 Å². The van der Waals surface area contributed by atoms with Crippen LogP contribution in [0.15, 0.2) is 15.2 Å². The molecule has 0 fully saturated rings. The van der Waals surface area contributed by atoms with Crippen molar-refractivity contribution in [3.8, 4) is 0 Å². The van der Waals surface area contributed by atoms with E-state index in [0.717, 1.165) is 26.7 Å². The number of rotatable bonds is 7. The minimum absolute atomic E-state index is 0.182. The Morgan fingerprint density at radius 2 is 2.25 bits per heavy atom. The summed E-state index contributed by atoms with van der Waals surface area (Å²) >= 11 is 6.66. The molecule has 0 radical (unpaired) electrons. The molecule has 20 heavy (non-hydrogen) atoms. The number of thiophene rings is 2. The average Bonchev–Trinajstić information content (AvgIpc) is 3.01. The van der Waals surface area contributed by atoms with E-state index in [1.165, 1.54) is 24.2 Å². The Kier molecular flexibility index (Phi) is 6.05. The third kappa shape index (κ3) is 3.83. The standard InChI is InChI=1S/C15H19BrO2S2/c1-3-5-6-10(4-2)8-18-15(17)12-7-11-13(20-12)9-19-14(11)16/h7,9-10H,3-6,8H2,1-2H3. The van der Waals surface area contributed by atoms with Gasteiger partial charge in [0.1, 0.15) is 4.88 Å². The van der Waals surface area contributed by atoms with Crippen LogP contribution in [-0.2, 0) is 4.74 Å². The van der Waals surface area contributed by atoms with Gasteiger partial charge in [-0.3, -0.25) is 0 Å². The van der Waals surface area contributed by atoms with Gasteiger partial charge in [-0.05, 0) is 34.3 Å². The number of unbranched alkanes of at least 4 members (excludes halogenated alkanes) is 1. The molecule has 2 aromatic heterocycles. The number of carbonyl (C=O) groups is 1. The van der Waals surface area contributed by atoms with E-state index < -0.39 is 0 Å². The zero-order valence-corrected chi connectivity index (χ0v) is 15.0. The van der Waals surface area contributed by atoms with Crippen molar-refractivity contribution < 1.29 is 9.53 Å². The van der Waals surface area contributed by atoms with E-state index in [1.807, 2.05) is 6.07 Å². The highest BCUT2D eigenvalue weighted by Gasteiger charge is 2.16. The van der Waals surface area contributed by atoms with Crippen LogP contribution < -0.4 is 0 Å². The van der Waals surface area contributed by atoms with Crippen molar-refractivity contribution in [3.05, 3.63) is 20.1 Å². The summed E-state index contributed by atoms with van der Waals surface area (Å²) in [5.41, 5.74) is 0. The van der Waals surface area contributed by atoms with Gasteiger partial charge >= 0.3 is 5.97 Å². The number of fused-ring (bicyclic) bond motifs is 1. The first-order valence-electron chi connectivity index (χ1n) is 6.99. The Hall–Kier alpha value is -0.390. The van der Waals surface area contributed by atoms with Crippen LogP contribution >= 0.6 is 38.6 Å². The number of halogens is 1. The maximum atomic E-state index is 12.1. The van der Waals surface area contributed by atoms with Crippen molar-refractivity contribution in [2.24, 2.45) is 5.92 Å². The fraction of sp³-hybridized carbons (Fsp3) is 0.533. The molecule has 5 heteroatoms. The molecule has 0 aliphatic heterocycles. The number of esters is 1. The van der Waals surface area contributed by atoms with E-state index >= 15 is 0 Å². The molecule has 0 aliphatic rings. The van der Waals surface area contributed by atoms with Crippen LogP contribution in [0.2, 0.25) is 0 Å². The lowest BCUT2D eigenvalue weighted by molar-refractivity contribution is 0.0434. The van der Waals surface area contributed by atoms with Gasteiger partial charge in [0.15, 0.2) is 0 Å². The Balaban J connectivity index is 1.93. The molecule has 2 rings (SSSR count). The van der Waals surface area contributed by atoms with E-state index in [-0.39, 0.29) is 5.97 Å². The Morgan fingerprint density at radius 1 is 1.45 bits per heavy atom. The lowest BCUT2D eigenvalue weighted by atomic mass is 10.0. The molecule has 2 aromatic rings. The maximum Gasteiger partial charge on any atom is 0.348 e. The summed E-state index contributed by atoms with van der Waals surface area (Å²) in [6.45, 7) is 4.89. The quantitative estimate of drug-likeness (QED) is 0.547. The minimum Gasteiger partial charge on any atom is -0.461 e. The van der Waals surface area contributed by atoms with Crippen LogP contribution in [0.4, 0.5) is 0 Å². The zero-order chi connectivity index (χ0) is 14.5. The van der Waals surface area contributed by atoms with Crippen molar-refractivity contribution in [2.45, 2.75) is 39.5 Å². The summed E-state index contributed by atoms with van der Waals surface area (Å²) in [4.78, 5) is 12.8. The molecular formula is C15H19BrO2S2. The maximum absolute atomic E-state index is 12.1. The highest BCUT2D eigenvalue weighted by Crippen LogP contribution is 2.36. The highest BCUT2D eigenvalue weighted by molar-refractivity contribution is 9.11. The van der Waals surface area contributed by atoms with Gasteiger partial charge in [-0.15, -0.1) is 22.7 Å². The van der Waals surface area contributed by atoms with Crippen molar-refractivity contribution in [1.82, 2.24) is 0 Å². The number of hydrogen-bond donors (Lipinski definition) is 0. The lowest BCUT2D eigenvalue weighted by Gasteiger charge is -2.14. The van der Waals surface area contributed by atoms with Gasteiger partial charge in [-0.1, -0.05) is 33.1 Å². The van der Waals surface area contributed by atoms with E-state index in [9.17, 15) is 4.79 Å². The molecule has 1 unspecified atom stereocenters. The van der Waals surface area contributed by atoms with Crippen molar-refractivity contribution in [2.75, 3.05) is 6.61 Å². The third-order valence-electron chi connectivity index (χ3n) is 3.44. The Labute approximate surface area is 136 Å². The number of carbonyl (C=O) groups excluding carboxylic acids is 1. The van der Waals surface area contributed by atoms with E-state index in [4.69, 9.17) is 4.74 Å². The topological polar surface area (TPSA) is 26.3 Å². The first-order valence-corrected chi connectivity index (χ1v) is 9.48. The second-order valence-corrected chi connectivity index (χ2v) is 8.19. The molecular weight excluding hydrogens is 356 g/mol. The molecule has 0 aliphatic carbocycles. The van der Waals surface area contributed by atoms with E-state index in [2.05, 4.69) is 35.2 Å². The monoisotopic (exact) mass is 374 g/mol.